The third-order valence-electron chi connectivity index (χ3n) is 4.97. The fourth-order valence-corrected chi connectivity index (χ4v) is 3.49. The highest BCUT2D eigenvalue weighted by Gasteiger charge is 2.20. The van der Waals surface area contributed by atoms with Gasteiger partial charge in [-0.2, -0.15) is 0 Å². The van der Waals surface area contributed by atoms with Gasteiger partial charge in [0.05, 0.1) is 6.54 Å². The Labute approximate surface area is 174 Å². The Morgan fingerprint density at radius 3 is 2.48 bits per heavy atom. The SMILES string of the molecule is O=C(NCc1ccc(-c2ccc(Cl)cc2)o1)c1ccc(CN2CCCC2=O)cc1. The van der Waals surface area contributed by atoms with Gasteiger partial charge in [0.25, 0.3) is 5.91 Å². The molecule has 0 bridgehead atoms. The van der Waals surface area contributed by atoms with E-state index in [9.17, 15) is 9.59 Å². The predicted molar refractivity (Wildman–Crippen MR) is 111 cm³/mol. The van der Waals surface area contributed by atoms with E-state index in [1.54, 1.807) is 12.1 Å². The van der Waals surface area contributed by atoms with Gasteiger partial charge in [0.1, 0.15) is 11.5 Å². The van der Waals surface area contributed by atoms with Crippen molar-refractivity contribution in [3.8, 4) is 11.3 Å². The van der Waals surface area contributed by atoms with Crippen LogP contribution in [0.3, 0.4) is 0 Å². The summed E-state index contributed by atoms with van der Waals surface area (Å²) >= 11 is 5.91. The molecule has 1 aromatic heterocycles. The molecule has 0 unspecified atom stereocenters. The van der Waals surface area contributed by atoms with E-state index in [0.29, 0.717) is 35.9 Å². The van der Waals surface area contributed by atoms with Gasteiger partial charge in [-0.1, -0.05) is 23.7 Å². The number of hydrogen-bond donors (Lipinski definition) is 1. The second kappa shape index (κ2) is 8.53. The van der Waals surface area contributed by atoms with Crippen molar-refractivity contribution in [1.29, 1.82) is 0 Å². The van der Waals surface area contributed by atoms with Crippen LogP contribution in [-0.2, 0) is 17.9 Å². The first-order chi connectivity index (χ1) is 14.1. The van der Waals surface area contributed by atoms with Crippen molar-refractivity contribution in [1.82, 2.24) is 10.2 Å². The van der Waals surface area contributed by atoms with Crippen LogP contribution in [0.25, 0.3) is 11.3 Å². The maximum absolute atomic E-state index is 12.4. The Balaban J connectivity index is 1.32. The van der Waals surface area contributed by atoms with Crippen LogP contribution in [0.2, 0.25) is 5.02 Å². The van der Waals surface area contributed by atoms with Crippen LogP contribution in [-0.4, -0.2) is 23.3 Å². The first kappa shape index (κ1) is 19.3. The molecule has 3 aromatic rings. The molecule has 5 nitrogen and oxygen atoms in total. The Kier molecular flexibility index (Phi) is 5.67. The van der Waals surface area contributed by atoms with Gasteiger partial charge in [-0.3, -0.25) is 9.59 Å². The van der Waals surface area contributed by atoms with Crippen LogP contribution in [0.5, 0.6) is 0 Å². The van der Waals surface area contributed by atoms with Crippen molar-refractivity contribution in [2.24, 2.45) is 0 Å². The minimum atomic E-state index is -0.168. The quantitative estimate of drug-likeness (QED) is 0.645. The third kappa shape index (κ3) is 4.69. The van der Waals surface area contributed by atoms with Crippen molar-refractivity contribution in [2.45, 2.75) is 25.9 Å². The number of likely N-dealkylation sites (tertiary alicyclic amines) is 1. The first-order valence-electron chi connectivity index (χ1n) is 9.58. The van der Waals surface area contributed by atoms with Crippen LogP contribution in [0.4, 0.5) is 0 Å². The molecule has 0 saturated carbocycles. The van der Waals surface area contributed by atoms with E-state index >= 15 is 0 Å². The van der Waals surface area contributed by atoms with E-state index in [-0.39, 0.29) is 11.8 Å². The molecule has 6 heteroatoms. The molecule has 1 N–H and O–H groups in total. The van der Waals surface area contributed by atoms with Gasteiger partial charge in [-0.15, -0.1) is 0 Å². The maximum Gasteiger partial charge on any atom is 0.251 e. The summed E-state index contributed by atoms with van der Waals surface area (Å²) in [5, 5.41) is 3.54. The number of amides is 2. The van der Waals surface area contributed by atoms with Crippen LogP contribution >= 0.6 is 11.6 Å². The van der Waals surface area contributed by atoms with Gasteiger partial charge < -0.3 is 14.6 Å². The lowest BCUT2D eigenvalue weighted by Gasteiger charge is -2.15. The average Bonchev–Trinajstić information content (AvgIpc) is 3.37. The highest BCUT2D eigenvalue weighted by molar-refractivity contribution is 6.30. The lowest BCUT2D eigenvalue weighted by Crippen LogP contribution is -2.24. The molecule has 0 spiro atoms. The summed E-state index contributed by atoms with van der Waals surface area (Å²) in [6.07, 6.45) is 1.55. The van der Waals surface area contributed by atoms with Crippen LogP contribution in [0.1, 0.15) is 34.5 Å². The number of nitrogens with zero attached hydrogens (tertiary/aromatic N) is 1. The minimum absolute atomic E-state index is 0.168. The molecular formula is C23H21ClN2O3. The van der Waals surface area contributed by atoms with Gasteiger partial charge in [-0.05, 0) is 60.5 Å². The van der Waals surface area contributed by atoms with Gasteiger partial charge in [0.2, 0.25) is 5.91 Å². The first-order valence-corrected chi connectivity index (χ1v) is 9.96. The van der Waals surface area contributed by atoms with E-state index in [1.165, 1.54) is 0 Å². The molecule has 1 aliphatic rings. The second-order valence-corrected chi connectivity index (χ2v) is 7.51. The number of benzene rings is 2. The Bertz CT molecular complexity index is 1010. The number of carbonyl (C=O) groups is 2. The van der Waals surface area contributed by atoms with Crippen molar-refractivity contribution < 1.29 is 14.0 Å². The number of carbonyl (C=O) groups excluding carboxylic acids is 2. The fraction of sp³-hybridized carbons (Fsp3) is 0.217. The van der Waals surface area contributed by atoms with E-state index in [0.717, 1.165) is 29.9 Å². The van der Waals surface area contributed by atoms with E-state index in [2.05, 4.69) is 5.32 Å². The molecule has 2 amide bonds. The summed E-state index contributed by atoms with van der Waals surface area (Å²) in [5.41, 5.74) is 2.53. The lowest BCUT2D eigenvalue weighted by atomic mass is 10.1. The van der Waals surface area contributed by atoms with Crippen molar-refractivity contribution >= 4 is 23.4 Å². The normalized spacial score (nSPS) is 13.7. The largest absolute Gasteiger partial charge is 0.459 e. The van der Waals surface area contributed by atoms with Gasteiger partial charge >= 0.3 is 0 Å². The molecule has 1 aliphatic heterocycles. The van der Waals surface area contributed by atoms with Crippen LogP contribution in [0, 0.1) is 0 Å². The Hall–Kier alpha value is -3.05. The lowest BCUT2D eigenvalue weighted by molar-refractivity contribution is -0.128. The number of hydrogen-bond acceptors (Lipinski definition) is 3. The minimum Gasteiger partial charge on any atom is -0.459 e. The van der Waals surface area contributed by atoms with Gasteiger partial charge in [0.15, 0.2) is 0 Å². The number of nitrogens with one attached hydrogen (secondary N) is 1. The highest BCUT2D eigenvalue weighted by Crippen LogP contribution is 2.24. The predicted octanol–water partition coefficient (Wildman–Crippen LogP) is 4.65. The maximum atomic E-state index is 12.4. The topological polar surface area (TPSA) is 62.6 Å². The van der Waals surface area contributed by atoms with Crippen molar-refractivity contribution in [2.75, 3.05) is 6.54 Å². The zero-order valence-electron chi connectivity index (χ0n) is 15.9. The summed E-state index contributed by atoms with van der Waals surface area (Å²) in [7, 11) is 0. The molecule has 148 valence electrons. The van der Waals surface area contributed by atoms with E-state index in [4.69, 9.17) is 16.0 Å². The summed E-state index contributed by atoms with van der Waals surface area (Å²) in [6.45, 7) is 1.71. The summed E-state index contributed by atoms with van der Waals surface area (Å²) < 4.78 is 5.80. The summed E-state index contributed by atoms with van der Waals surface area (Å²) in [5.74, 6) is 1.43. The molecular weight excluding hydrogens is 388 g/mol. The summed E-state index contributed by atoms with van der Waals surface area (Å²) in [4.78, 5) is 26.0. The zero-order chi connectivity index (χ0) is 20.2. The summed E-state index contributed by atoms with van der Waals surface area (Å²) in [6, 6.07) is 18.5. The molecule has 0 atom stereocenters. The average molecular weight is 409 g/mol. The number of halogens is 1. The zero-order valence-corrected chi connectivity index (χ0v) is 16.6. The Morgan fingerprint density at radius 1 is 1.03 bits per heavy atom. The molecule has 1 fully saturated rings. The molecule has 0 radical (unpaired) electrons. The number of furan rings is 1. The smallest absolute Gasteiger partial charge is 0.251 e. The molecule has 4 rings (SSSR count). The van der Waals surface area contributed by atoms with Crippen LogP contribution in [0.15, 0.2) is 65.1 Å². The molecule has 2 heterocycles. The van der Waals surface area contributed by atoms with Gasteiger partial charge in [-0.25, -0.2) is 0 Å². The standard InChI is InChI=1S/C23H21ClN2O3/c24-19-9-7-17(8-10-19)21-12-11-20(29-21)14-25-23(28)18-5-3-16(4-6-18)15-26-13-1-2-22(26)27/h3-12H,1-2,13-15H2,(H,25,28). The fourth-order valence-electron chi connectivity index (χ4n) is 3.36. The van der Waals surface area contributed by atoms with Crippen molar-refractivity contribution in [3.05, 3.63) is 82.6 Å². The molecule has 2 aromatic carbocycles. The highest BCUT2D eigenvalue weighted by atomic mass is 35.5. The monoisotopic (exact) mass is 408 g/mol. The Morgan fingerprint density at radius 2 is 1.79 bits per heavy atom. The van der Waals surface area contributed by atoms with E-state index in [1.807, 2.05) is 53.4 Å². The molecule has 1 saturated heterocycles. The third-order valence-corrected chi connectivity index (χ3v) is 5.23. The molecule has 0 aliphatic carbocycles. The van der Waals surface area contributed by atoms with Gasteiger partial charge in [0, 0.05) is 35.7 Å². The van der Waals surface area contributed by atoms with Crippen LogP contribution < -0.4 is 5.32 Å². The van der Waals surface area contributed by atoms with Crippen molar-refractivity contribution in [3.63, 3.8) is 0 Å². The molecule has 29 heavy (non-hydrogen) atoms. The second-order valence-electron chi connectivity index (χ2n) is 7.07. The number of rotatable bonds is 6. The van der Waals surface area contributed by atoms with E-state index < -0.39 is 0 Å².